The van der Waals surface area contributed by atoms with Crippen LogP contribution in [-0.4, -0.2) is 43.4 Å². The van der Waals surface area contributed by atoms with Gasteiger partial charge < -0.3 is 19.6 Å². The Morgan fingerprint density at radius 2 is 1.80 bits per heavy atom. The van der Waals surface area contributed by atoms with Crippen LogP contribution in [-0.2, 0) is 23.5 Å². The first-order chi connectivity index (χ1) is 19.4. The molecule has 0 radical (unpaired) electrons. The van der Waals surface area contributed by atoms with E-state index in [4.69, 9.17) is 4.74 Å². The molecule has 0 spiro atoms. The van der Waals surface area contributed by atoms with Crippen LogP contribution in [0, 0.1) is 5.92 Å². The van der Waals surface area contributed by atoms with Crippen molar-refractivity contribution < 1.29 is 13.2 Å². The van der Waals surface area contributed by atoms with Crippen LogP contribution in [0.1, 0.15) is 37.7 Å². The number of piperidine rings is 1. The number of sulfonamides is 1. The van der Waals surface area contributed by atoms with E-state index in [0.717, 1.165) is 48.4 Å². The molecule has 2 aliphatic heterocycles. The number of nitrogens with zero attached hydrogens (tertiary/aromatic N) is 2. The van der Waals surface area contributed by atoms with Gasteiger partial charge in [-0.1, -0.05) is 12.1 Å². The molecule has 0 atom stereocenters. The first kappa shape index (κ1) is 26.7. The van der Waals surface area contributed by atoms with Crippen LogP contribution in [0.25, 0.3) is 22.0 Å². The largest absolute Gasteiger partial charge is 0.457 e. The van der Waals surface area contributed by atoms with Crippen LogP contribution in [0.3, 0.4) is 0 Å². The SMILES string of the molecule is Cn1cc(-c2cc(N3CCCCS3(=O)=O)ccc2Oc2ccc(CCC3CCNCC3)cc2)c2cc[nH]c2c1=O. The van der Waals surface area contributed by atoms with Crippen LogP contribution in [0.5, 0.6) is 11.5 Å². The number of aromatic amines is 1. The molecule has 4 heterocycles. The molecular formula is C31H36N4O4S. The number of H-pyrrole nitrogens is 1. The van der Waals surface area contributed by atoms with E-state index in [1.807, 2.05) is 36.4 Å². The van der Waals surface area contributed by atoms with Gasteiger partial charge in [0.25, 0.3) is 5.56 Å². The molecule has 210 valence electrons. The highest BCUT2D eigenvalue weighted by molar-refractivity contribution is 7.92. The Morgan fingerprint density at radius 1 is 1.00 bits per heavy atom. The number of benzene rings is 2. The molecule has 2 N–H and O–H groups in total. The molecule has 0 saturated carbocycles. The normalized spacial score (nSPS) is 17.8. The lowest BCUT2D eigenvalue weighted by Crippen LogP contribution is -2.37. The summed E-state index contributed by atoms with van der Waals surface area (Å²) < 4.78 is 35.3. The summed E-state index contributed by atoms with van der Waals surface area (Å²) in [5, 5.41) is 4.20. The number of aromatic nitrogens is 2. The van der Waals surface area contributed by atoms with Crippen molar-refractivity contribution in [2.45, 2.75) is 38.5 Å². The number of nitrogens with one attached hydrogen (secondary N) is 2. The van der Waals surface area contributed by atoms with E-state index >= 15 is 0 Å². The van der Waals surface area contributed by atoms with Gasteiger partial charge in [0.2, 0.25) is 10.0 Å². The molecule has 6 rings (SSSR count). The molecule has 9 heteroatoms. The molecule has 0 bridgehead atoms. The summed E-state index contributed by atoms with van der Waals surface area (Å²) in [4.78, 5) is 15.8. The zero-order chi connectivity index (χ0) is 27.7. The third-order valence-corrected chi connectivity index (χ3v) is 10.1. The fourth-order valence-corrected chi connectivity index (χ4v) is 7.56. The van der Waals surface area contributed by atoms with Crippen molar-refractivity contribution >= 4 is 26.6 Å². The van der Waals surface area contributed by atoms with E-state index in [1.54, 1.807) is 24.0 Å². The maximum absolute atomic E-state index is 12.9. The Balaban J connectivity index is 1.34. The summed E-state index contributed by atoms with van der Waals surface area (Å²) in [6.45, 7) is 2.69. The van der Waals surface area contributed by atoms with Crippen LogP contribution in [0.2, 0.25) is 0 Å². The molecular weight excluding hydrogens is 524 g/mol. The summed E-state index contributed by atoms with van der Waals surface area (Å²) in [6, 6.07) is 15.6. The second-order valence-corrected chi connectivity index (χ2v) is 13.0. The van der Waals surface area contributed by atoms with E-state index < -0.39 is 10.0 Å². The first-order valence-electron chi connectivity index (χ1n) is 14.2. The zero-order valence-electron chi connectivity index (χ0n) is 22.9. The molecule has 2 aliphatic rings. The Bertz CT molecular complexity index is 1670. The Hall–Kier alpha value is -3.56. The standard InChI is InChI=1S/C31H36N4O4S/c1-34-21-28(26-14-17-33-30(26)31(34)36)27-20-24(35-18-2-3-19-40(35,37)38)8-11-29(27)39-25-9-6-22(7-10-25)4-5-23-12-15-32-16-13-23/h6-11,14,17,20-21,23,32-33H,2-5,12-13,15-16,18-19H2,1H3. The summed E-state index contributed by atoms with van der Waals surface area (Å²) in [5.74, 6) is 2.24. The Morgan fingerprint density at radius 3 is 2.58 bits per heavy atom. The van der Waals surface area contributed by atoms with Crippen molar-refractivity contribution in [2.75, 3.05) is 29.7 Å². The minimum absolute atomic E-state index is 0.124. The molecule has 2 aromatic carbocycles. The smallest absolute Gasteiger partial charge is 0.274 e. The van der Waals surface area contributed by atoms with Gasteiger partial charge in [0.1, 0.15) is 17.0 Å². The monoisotopic (exact) mass is 560 g/mol. The molecule has 2 saturated heterocycles. The lowest BCUT2D eigenvalue weighted by molar-refractivity contribution is 0.354. The van der Waals surface area contributed by atoms with Gasteiger partial charge in [-0.25, -0.2) is 8.42 Å². The lowest BCUT2D eigenvalue weighted by atomic mass is 9.91. The van der Waals surface area contributed by atoms with Gasteiger partial charge in [0.05, 0.1) is 11.4 Å². The number of hydrogen-bond acceptors (Lipinski definition) is 5. The van der Waals surface area contributed by atoms with Crippen molar-refractivity contribution in [3.63, 3.8) is 0 Å². The summed E-state index contributed by atoms with van der Waals surface area (Å²) in [6.07, 6.45) is 9.78. The maximum Gasteiger partial charge on any atom is 0.274 e. The van der Waals surface area contributed by atoms with E-state index in [-0.39, 0.29) is 11.3 Å². The summed E-state index contributed by atoms with van der Waals surface area (Å²) >= 11 is 0. The molecule has 40 heavy (non-hydrogen) atoms. The lowest BCUT2D eigenvalue weighted by Gasteiger charge is -2.29. The average Bonchev–Trinajstić information content (AvgIpc) is 3.46. The minimum atomic E-state index is -3.38. The number of ether oxygens (including phenoxy) is 1. The molecule has 0 aliphatic carbocycles. The third-order valence-electron chi connectivity index (χ3n) is 8.24. The first-order valence-corrected chi connectivity index (χ1v) is 15.8. The second kappa shape index (κ2) is 11.1. The van der Waals surface area contributed by atoms with Gasteiger partial charge in [-0.05, 0) is 99.5 Å². The molecule has 0 amide bonds. The van der Waals surface area contributed by atoms with E-state index in [9.17, 15) is 13.2 Å². The van der Waals surface area contributed by atoms with Crippen LogP contribution in [0.15, 0.2) is 65.7 Å². The Kier molecular flexibility index (Phi) is 7.42. The van der Waals surface area contributed by atoms with Crippen molar-refractivity contribution in [2.24, 2.45) is 13.0 Å². The number of anilines is 1. The van der Waals surface area contributed by atoms with Gasteiger partial charge in [-0.2, -0.15) is 0 Å². The van der Waals surface area contributed by atoms with Crippen LogP contribution in [0.4, 0.5) is 5.69 Å². The third kappa shape index (κ3) is 5.40. The minimum Gasteiger partial charge on any atom is -0.457 e. The van der Waals surface area contributed by atoms with Crippen molar-refractivity contribution in [1.82, 2.24) is 14.9 Å². The van der Waals surface area contributed by atoms with E-state index in [1.165, 1.54) is 29.1 Å². The molecule has 8 nitrogen and oxygen atoms in total. The highest BCUT2D eigenvalue weighted by Crippen LogP contribution is 2.40. The van der Waals surface area contributed by atoms with Crippen molar-refractivity contribution in [3.05, 3.63) is 76.8 Å². The van der Waals surface area contributed by atoms with E-state index in [2.05, 4.69) is 22.4 Å². The molecule has 2 fully saturated rings. The van der Waals surface area contributed by atoms with Gasteiger partial charge in [0.15, 0.2) is 0 Å². The van der Waals surface area contributed by atoms with Crippen molar-refractivity contribution in [1.29, 1.82) is 0 Å². The van der Waals surface area contributed by atoms with Crippen LogP contribution < -0.4 is 19.9 Å². The Labute approximate surface area is 235 Å². The fraction of sp³-hybridized carbons (Fsp3) is 0.387. The zero-order valence-corrected chi connectivity index (χ0v) is 23.7. The number of pyridine rings is 1. The van der Waals surface area contributed by atoms with Crippen molar-refractivity contribution in [3.8, 4) is 22.6 Å². The number of fused-ring (bicyclic) bond motifs is 1. The van der Waals surface area contributed by atoms with Gasteiger partial charge in [0, 0.05) is 42.5 Å². The molecule has 0 unspecified atom stereocenters. The summed E-state index contributed by atoms with van der Waals surface area (Å²) in [5.41, 5.74) is 3.80. The quantitative estimate of drug-likeness (QED) is 0.324. The number of rotatable bonds is 7. The van der Waals surface area contributed by atoms with Gasteiger partial charge in [-0.3, -0.25) is 9.10 Å². The second-order valence-electron chi connectivity index (χ2n) is 11.0. The topological polar surface area (TPSA) is 96.4 Å². The molecule has 4 aromatic rings. The predicted molar refractivity (Wildman–Crippen MR) is 160 cm³/mol. The van der Waals surface area contributed by atoms with E-state index in [0.29, 0.717) is 35.7 Å². The highest BCUT2D eigenvalue weighted by Gasteiger charge is 2.27. The van der Waals surface area contributed by atoms with Crippen LogP contribution >= 0.6 is 0 Å². The number of aryl methyl sites for hydroxylation is 2. The predicted octanol–water partition coefficient (Wildman–Crippen LogP) is 5.19. The average molecular weight is 561 g/mol. The molecule has 2 aromatic heterocycles. The van der Waals surface area contributed by atoms with Gasteiger partial charge >= 0.3 is 0 Å². The maximum atomic E-state index is 12.9. The number of hydrogen-bond donors (Lipinski definition) is 2. The van der Waals surface area contributed by atoms with Gasteiger partial charge in [-0.15, -0.1) is 0 Å². The highest BCUT2D eigenvalue weighted by atomic mass is 32.2. The fourth-order valence-electron chi connectivity index (χ4n) is 5.93. The summed E-state index contributed by atoms with van der Waals surface area (Å²) in [7, 11) is -1.67.